The Labute approximate surface area is 199 Å². The van der Waals surface area contributed by atoms with Crippen LogP contribution < -0.4 is 26.4 Å². The largest absolute Gasteiger partial charge is 0.490 e. The van der Waals surface area contributed by atoms with E-state index >= 15 is 0 Å². The summed E-state index contributed by atoms with van der Waals surface area (Å²) in [5.41, 5.74) is 6.39. The molecule has 34 heavy (non-hydrogen) atoms. The molecule has 0 spiro atoms. The van der Waals surface area contributed by atoms with Gasteiger partial charge in [-0.2, -0.15) is 0 Å². The number of methoxy groups -OCH3 is 1. The summed E-state index contributed by atoms with van der Waals surface area (Å²) in [6.07, 6.45) is 5.50. The first-order chi connectivity index (χ1) is 16.3. The Morgan fingerprint density at radius 1 is 1.12 bits per heavy atom. The van der Waals surface area contributed by atoms with Gasteiger partial charge in [0.05, 0.1) is 7.11 Å². The van der Waals surface area contributed by atoms with Crippen LogP contribution in [0.5, 0.6) is 5.75 Å². The molecule has 3 rings (SSSR count). The summed E-state index contributed by atoms with van der Waals surface area (Å²) in [6.45, 7) is 2.05. The molecule has 0 aromatic heterocycles. The van der Waals surface area contributed by atoms with Crippen molar-refractivity contribution in [3.05, 3.63) is 42.0 Å². The van der Waals surface area contributed by atoms with Gasteiger partial charge in [0.1, 0.15) is 30.5 Å². The Bertz CT molecular complexity index is 871. The summed E-state index contributed by atoms with van der Waals surface area (Å²) in [5, 5.41) is 8.06. The fourth-order valence-electron chi connectivity index (χ4n) is 3.52. The molecule has 1 aromatic carbocycles. The lowest BCUT2D eigenvalue weighted by Crippen LogP contribution is -2.56. The maximum absolute atomic E-state index is 13.1. The number of esters is 1. The highest BCUT2D eigenvalue weighted by Crippen LogP contribution is 2.14. The molecule has 0 radical (unpaired) electrons. The number of ether oxygens (including phenoxy) is 2. The summed E-state index contributed by atoms with van der Waals surface area (Å²) < 4.78 is 10.5. The van der Waals surface area contributed by atoms with E-state index in [0.29, 0.717) is 31.6 Å². The molecule has 2 bridgehead atoms. The summed E-state index contributed by atoms with van der Waals surface area (Å²) in [5.74, 6) is -1.35. The minimum absolute atomic E-state index is 0.193. The predicted octanol–water partition coefficient (Wildman–Crippen LogP) is 0.344. The second kappa shape index (κ2) is 14.0. The van der Waals surface area contributed by atoms with Gasteiger partial charge >= 0.3 is 5.97 Å². The zero-order chi connectivity index (χ0) is 24.9. The van der Waals surface area contributed by atoms with Crippen molar-refractivity contribution in [1.82, 2.24) is 16.0 Å². The molecule has 2 aliphatic heterocycles. The van der Waals surface area contributed by atoms with Gasteiger partial charge in [0.25, 0.3) is 0 Å². The highest BCUT2D eigenvalue weighted by Gasteiger charge is 2.29. The molecule has 186 valence electrons. The van der Waals surface area contributed by atoms with Crippen molar-refractivity contribution in [1.29, 1.82) is 0 Å². The molecule has 1 aromatic rings. The minimum Gasteiger partial charge on any atom is -0.490 e. The molecule has 10 nitrogen and oxygen atoms in total. The molecule has 0 fully saturated rings. The van der Waals surface area contributed by atoms with E-state index in [-0.39, 0.29) is 25.4 Å². The first-order valence-electron chi connectivity index (χ1n) is 11.4. The van der Waals surface area contributed by atoms with E-state index in [1.807, 2.05) is 12.1 Å². The van der Waals surface area contributed by atoms with Gasteiger partial charge in [0.15, 0.2) is 0 Å². The number of carbonyl (C=O) groups excluding carboxylic acids is 4. The van der Waals surface area contributed by atoms with Crippen LogP contribution in [0, 0.1) is 0 Å². The van der Waals surface area contributed by atoms with Gasteiger partial charge in [-0.3, -0.25) is 14.4 Å². The highest BCUT2D eigenvalue weighted by atomic mass is 16.5. The van der Waals surface area contributed by atoms with Crippen LogP contribution in [-0.4, -0.2) is 62.1 Å². The van der Waals surface area contributed by atoms with Crippen LogP contribution >= 0.6 is 0 Å². The van der Waals surface area contributed by atoms with E-state index in [9.17, 15) is 19.2 Å². The van der Waals surface area contributed by atoms with Crippen LogP contribution in [0.4, 0.5) is 0 Å². The van der Waals surface area contributed by atoms with Gasteiger partial charge in [0.2, 0.25) is 17.7 Å². The van der Waals surface area contributed by atoms with Crippen molar-refractivity contribution >= 4 is 23.7 Å². The lowest BCUT2D eigenvalue weighted by molar-refractivity contribution is -0.145. The summed E-state index contributed by atoms with van der Waals surface area (Å²) >= 11 is 0. The maximum atomic E-state index is 13.1. The molecule has 0 unspecified atom stereocenters. The van der Waals surface area contributed by atoms with Crippen molar-refractivity contribution in [2.45, 2.75) is 57.2 Å². The molecule has 10 heteroatoms. The Morgan fingerprint density at radius 2 is 1.85 bits per heavy atom. The van der Waals surface area contributed by atoms with Crippen LogP contribution in [0.1, 0.15) is 38.2 Å². The van der Waals surface area contributed by atoms with Gasteiger partial charge < -0.3 is 31.2 Å². The molecule has 2 aliphatic rings. The summed E-state index contributed by atoms with van der Waals surface area (Å²) in [4.78, 5) is 50.1. The summed E-state index contributed by atoms with van der Waals surface area (Å²) in [7, 11) is 1.24. The molecular weight excluding hydrogens is 440 g/mol. The van der Waals surface area contributed by atoms with Crippen molar-refractivity contribution in [3.8, 4) is 5.75 Å². The first-order valence-corrected chi connectivity index (χ1v) is 11.4. The van der Waals surface area contributed by atoms with Crippen LogP contribution in [0.3, 0.4) is 0 Å². The quantitative estimate of drug-likeness (QED) is 0.264. The van der Waals surface area contributed by atoms with Crippen LogP contribution in [0.15, 0.2) is 36.4 Å². The molecule has 0 saturated heterocycles. The Hall–Kier alpha value is -3.40. The lowest BCUT2D eigenvalue weighted by atomic mass is 10.0. The van der Waals surface area contributed by atoms with Gasteiger partial charge in [0, 0.05) is 13.3 Å². The monoisotopic (exact) mass is 474 g/mol. The van der Waals surface area contributed by atoms with Crippen molar-refractivity contribution in [3.63, 3.8) is 0 Å². The van der Waals surface area contributed by atoms with Crippen LogP contribution in [0.25, 0.3) is 0 Å². The van der Waals surface area contributed by atoms with E-state index < -0.39 is 35.9 Å². The summed E-state index contributed by atoms with van der Waals surface area (Å²) in [6, 6.07) is 4.47. The number of carbonyl (C=O) groups is 4. The fourth-order valence-corrected chi connectivity index (χ4v) is 3.52. The number of fused-ring (bicyclic) bond motifs is 13. The fraction of sp³-hybridized carbons (Fsp3) is 0.500. The Morgan fingerprint density at radius 3 is 2.50 bits per heavy atom. The topological polar surface area (TPSA) is 149 Å². The number of unbranched alkanes of at least 4 members (excludes halogenated alkanes) is 1. The average Bonchev–Trinajstić information content (AvgIpc) is 2.81. The van der Waals surface area contributed by atoms with E-state index in [1.165, 1.54) is 14.0 Å². The number of rotatable bonds is 6. The molecule has 3 amide bonds. The lowest BCUT2D eigenvalue weighted by Gasteiger charge is -2.24. The third kappa shape index (κ3) is 8.86. The number of nitrogens with one attached hydrogen (secondary N) is 3. The third-order valence-corrected chi connectivity index (χ3v) is 5.32. The maximum Gasteiger partial charge on any atom is 0.328 e. The molecular formula is C24H34N4O6. The van der Waals surface area contributed by atoms with Crippen molar-refractivity contribution in [2.75, 3.05) is 20.3 Å². The number of amides is 3. The number of hydrogen-bond acceptors (Lipinski definition) is 7. The van der Waals surface area contributed by atoms with Crippen LogP contribution in [-0.2, 0) is 30.3 Å². The van der Waals surface area contributed by atoms with Crippen molar-refractivity contribution < 1.29 is 28.7 Å². The molecule has 5 N–H and O–H groups in total. The molecule has 0 aliphatic carbocycles. The van der Waals surface area contributed by atoms with E-state index in [1.54, 1.807) is 24.3 Å². The SMILES string of the molecule is COC(=O)[C@@H]1CC=CCOc2ccc(cc2)C[C@H](NC(C)=O)C(=O)N[C@@H](CCCCN)C(=O)N1. The Kier molecular flexibility index (Phi) is 11.0. The van der Waals surface area contributed by atoms with E-state index in [2.05, 4.69) is 16.0 Å². The smallest absolute Gasteiger partial charge is 0.328 e. The number of hydrogen-bond donors (Lipinski definition) is 4. The Balaban J connectivity index is 2.34. The zero-order valence-corrected chi connectivity index (χ0v) is 19.7. The van der Waals surface area contributed by atoms with Crippen LogP contribution in [0.2, 0.25) is 0 Å². The van der Waals surface area contributed by atoms with Gasteiger partial charge in [-0.15, -0.1) is 0 Å². The van der Waals surface area contributed by atoms with E-state index in [4.69, 9.17) is 15.2 Å². The molecule has 2 heterocycles. The van der Waals surface area contributed by atoms with Gasteiger partial charge in [-0.1, -0.05) is 24.3 Å². The number of benzene rings is 1. The molecule has 3 atom stereocenters. The standard InChI is InChI=1S/C24H34N4O6/c1-16(29)26-21-15-17-9-11-18(12-10-17)34-14-6-4-8-20(24(32)33-2)28-22(30)19(27-23(21)31)7-3-5-13-25/h4,6,9-12,19-21H,3,5,7-8,13-15,25H2,1-2H3,(H,26,29)(H,27,31)(H,28,30)/t19-,20-,21-/m0/s1. The second-order valence-corrected chi connectivity index (χ2v) is 8.05. The van der Waals surface area contributed by atoms with Gasteiger partial charge in [-0.05, 0) is 49.9 Å². The average molecular weight is 475 g/mol. The third-order valence-electron chi connectivity index (χ3n) is 5.32. The van der Waals surface area contributed by atoms with Gasteiger partial charge in [-0.25, -0.2) is 4.79 Å². The minimum atomic E-state index is -0.927. The highest BCUT2D eigenvalue weighted by molar-refractivity contribution is 5.93. The van der Waals surface area contributed by atoms with E-state index in [0.717, 1.165) is 5.56 Å². The normalized spacial score (nSPS) is 21.6. The zero-order valence-electron chi connectivity index (χ0n) is 19.7. The number of nitrogens with two attached hydrogens (primary N) is 1. The first kappa shape index (κ1) is 26.8. The molecule has 0 saturated carbocycles. The second-order valence-electron chi connectivity index (χ2n) is 8.05. The predicted molar refractivity (Wildman–Crippen MR) is 126 cm³/mol. The van der Waals surface area contributed by atoms with Crippen molar-refractivity contribution in [2.24, 2.45) is 5.73 Å².